The van der Waals surface area contributed by atoms with Crippen molar-refractivity contribution in [2.75, 3.05) is 20.8 Å². The van der Waals surface area contributed by atoms with Crippen molar-refractivity contribution in [1.29, 1.82) is 5.26 Å². The minimum absolute atomic E-state index is 0.0911. The summed E-state index contributed by atoms with van der Waals surface area (Å²) in [6.07, 6.45) is 1.47. The average molecular weight is 368 g/mol. The summed E-state index contributed by atoms with van der Waals surface area (Å²) in [5, 5.41) is 13.2. The van der Waals surface area contributed by atoms with Crippen LogP contribution in [0.5, 0.6) is 11.6 Å². The van der Waals surface area contributed by atoms with Crippen LogP contribution in [0.1, 0.15) is 22.4 Å². The number of carbonyl (C=O) groups is 1. The highest BCUT2D eigenvalue weighted by molar-refractivity contribution is 5.85. The summed E-state index contributed by atoms with van der Waals surface area (Å²) in [6.45, 7) is 1.68. The number of aryl methyl sites for hydroxylation is 1. The van der Waals surface area contributed by atoms with Crippen molar-refractivity contribution in [3.05, 3.63) is 52.7 Å². The first-order chi connectivity index (χ1) is 13.1. The van der Waals surface area contributed by atoms with Gasteiger partial charge >= 0.3 is 0 Å². The molecule has 0 fully saturated rings. The van der Waals surface area contributed by atoms with Gasteiger partial charge in [0.05, 0.1) is 19.9 Å². The lowest BCUT2D eigenvalue weighted by Crippen LogP contribution is -2.25. The molecule has 1 aromatic heterocycles. The van der Waals surface area contributed by atoms with Crippen LogP contribution >= 0.6 is 0 Å². The second-order valence-electron chi connectivity index (χ2n) is 5.47. The third-order valence-corrected chi connectivity index (χ3v) is 3.48. The Morgan fingerprint density at radius 2 is 2.15 bits per heavy atom. The number of hydrogen-bond donors (Lipinski definition) is 1. The van der Waals surface area contributed by atoms with Gasteiger partial charge in [-0.2, -0.15) is 10.4 Å². The van der Waals surface area contributed by atoms with E-state index in [1.54, 1.807) is 32.2 Å². The zero-order chi connectivity index (χ0) is 19.6. The Balaban J connectivity index is 2.00. The van der Waals surface area contributed by atoms with Crippen LogP contribution in [0, 0.1) is 18.3 Å². The Morgan fingerprint density at radius 3 is 2.85 bits per heavy atom. The molecule has 8 heteroatoms. The zero-order valence-corrected chi connectivity index (χ0v) is 15.4. The van der Waals surface area contributed by atoms with Crippen molar-refractivity contribution < 1.29 is 19.0 Å². The molecule has 0 aliphatic heterocycles. The fourth-order valence-corrected chi connectivity index (χ4v) is 2.32. The minimum Gasteiger partial charge on any atom is -0.496 e. The van der Waals surface area contributed by atoms with E-state index in [1.165, 1.54) is 13.3 Å². The first-order valence-electron chi connectivity index (χ1n) is 8.06. The van der Waals surface area contributed by atoms with Gasteiger partial charge in [0, 0.05) is 23.9 Å². The van der Waals surface area contributed by atoms with Crippen LogP contribution in [-0.2, 0) is 16.1 Å². The lowest BCUT2D eigenvalue weighted by molar-refractivity contribution is -0.123. The number of pyridine rings is 1. The first-order valence-corrected chi connectivity index (χ1v) is 8.06. The highest BCUT2D eigenvalue weighted by Crippen LogP contribution is 2.21. The molecule has 140 valence electrons. The van der Waals surface area contributed by atoms with Crippen molar-refractivity contribution in [2.24, 2.45) is 5.10 Å². The lowest BCUT2D eigenvalue weighted by Gasteiger charge is -2.10. The number of carbonyl (C=O) groups excluding carboxylic acids is 1. The Bertz CT molecular complexity index is 874. The number of benzene rings is 1. The summed E-state index contributed by atoms with van der Waals surface area (Å²) in [5.41, 5.74) is 4.63. The summed E-state index contributed by atoms with van der Waals surface area (Å²) >= 11 is 0. The number of nitrogens with one attached hydrogen (secondary N) is 1. The molecule has 1 heterocycles. The number of ether oxygens (including phenoxy) is 3. The normalized spacial score (nSPS) is 10.4. The van der Waals surface area contributed by atoms with Gasteiger partial charge in [0.15, 0.2) is 6.61 Å². The maximum atomic E-state index is 11.9. The van der Waals surface area contributed by atoms with Crippen molar-refractivity contribution in [3.8, 4) is 17.7 Å². The monoisotopic (exact) mass is 368 g/mol. The predicted octanol–water partition coefficient (Wildman–Crippen LogP) is 1.95. The van der Waals surface area contributed by atoms with Gasteiger partial charge in [0.1, 0.15) is 17.4 Å². The Labute approximate surface area is 157 Å². The number of methoxy groups -OCH3 is 2. The van der Waals surface area contributed by atoms with Crippen LogP contribution in [0.25, 0.3) is 0 Å². The first kappa shape index (κ1) is 19.9. The molecular formula is C19H20N4O4. The summed E-state index contributed by atoms with van der Waals surface area (Å²) in [7, 11) is 3.09. The van der Waals surface area contributed by atoms with Gasteiger partial charge in [-0.15, -0.1) is 0 Å². The van der Waals surface area contributed by atoms with Crippen molar-refractivity contribution >= 4 is 12.1 Å². The minimum atomic E-state index is -0.485. The van der Waals surface area contributed by atoms with E-state index >= 15 is 0 Å². The fraction of sp³-hybridized carbons (Fsp3) is 0.263. The van der Waals surface area contributed by atoms with E-state index in [2.05, 4.69) is 15.5 Å². The molecule has 1 N–H and O–H groups in total. The van der Waals surface area contributed by atoms with Crippen LogP contribution in [0.15, 0.2) is 35.4 Å². The SMILES string of the molecule is COCc1cc(C)nc(OCC(=O)N/N=C\c2ccccc2OC)c1C#N. The summed E-state index contributed by atoms with van der Waals surface area (Å²) < 4.78 is 15.7. The van der Waals surface area contributed by atoms with E-state index in [0.717, 1.165) is 5.56 Å². The second-order valence-corrected chi connectivity index (χ2v) is 5.47. The van der Waals surface area contributed by atoms with E-state index < -0.39 is 5.91 Å². The Morgan fingerprint density at radius 1 is 1.37 bits per heavy atom. The Kier molecular flexibility index (Phi) is 7.28. The highest BCUT2D eigenvalue weighted by Gasteiger charge is 2.14. The van der Waals surface area contributed by atoms with Gasteiger partial charge in [0.2, 0.25) is 5.88 Å². The molecule has 0 atom stereocenters. The van der Waals surface area contributed by atoms with E-state index in [-0.39, 0.29) is 24.7 Å². The number of nitrogens with zero attached hydrogens (tertiary/aromatic N) is 3. The maximum Gasteiger partial charge on any atom is 0.278 e. The summed E-state index contributed by atoms with van der Waals surface area (Å²) in [4.78, 5) is 16.1. The third-order valence-electron chi connectivity index (χ3n) is 3.48. The largest absolute Gasteiger partial charge is 0.496 e. The maximum absolute atomic E-state index is 11.9. The van der Waals surface area contributed by atoms with Gasteiger partial charge in [0.25, 0.3) is 5.91 Å². The van der Waals surface area contributed by atoms with Crippen LogP contribution in [-0.4, -0.2) is 37.9 Å². The van der Waals surface area contributed by atoms with Crippen molar-refractivity contribution in [2.45, 2.75) is 13.5 Å². The van der Waals surface area contributed by atoms with E-state index in [0.29, 0.717) is 17.0 Å². The second kappa shape index (κ2) is 9.89. The molecule has 0 aliphatic carbocycles. The fourth-order valence-electron chi connectivity index (χ4n) is 2.32. The molecular weight excluding hydrogens is 348 g/mol. The molecule has 2 rings (SSSR count). The Hall–Kier alpha value is -3.44. The van der Waals surface area contributed by atoms with Crippen LogP contribution in [0.4, 0.5) is 0 Å². The highest BCUT2D eigenvalue weighted by atomic mass is 16.5. The van der Waals surface area contributed by atoms with E-state index in [1.807, 2.05) is 18.2 Å². The molecule has 2 aromatic rings. The number of amides is 1. The molecule has 0 radical (unpaired) electrons. The van der Waals surface area contributed by atoms with E-state index in [4.69, 9.17) is 14.2 Å². The van der Waals surface area contributed by atoms with E-state index in [9.17, 15) is 10.1 Å². The number of nitriles is 1. The topological polar surface area (TPSA) is 106 Å². The van der Waals surface area contributed by atoms with Gasteiger partial charge in [-0.1, -0.05) is 12.1 Å². The smallest absolute Gasteiger partial charge is 0.278 e. The molecule has 0 unspecified atom stereocenters. The number of rotatable bonds is 8. The van der Waals surface area contributed by atoms with Crippen molar-refractivity contribution in [1.82, 2.24) is 10.4 Å². The zero-order valence-electron chi connectivity index (χ0n) is 15.4. The van der Waals surface area contributed by atoms with Gasteiger partial charge in [-0.3, -0.25) is 4.79 Å². The lowest BCUT2D eigenvalue weighted by atomic mass is 10.1. The molecule has 1 amide bonds. The number of aromatic nitrogens is 1. The van der Waals surface area contributed by atoms with Crippen LogP contribution < -0.4 is 14.9 Å². The summed E-state index contributed by atoms with van der Waals surface area (Å²) in [6, 6.07) is 11.0. The molecule has 0 aliphatic rings. The quantitative estimate of drug-likeness (QED) is 0.564. The molecule has 27 heavy (non-hydrogen) atoms. The number of para-hydroxylation sites is 1. The molecule has 0 saturated carbocycles. The standard InChI is InChI=1S/C19H20N4O4/c1-13-8-15(11-25-2)16(9-20)19(22-13)27-12-18(24)23-21-10-14-6-4-5-7-17(14)26-3/h4-8,10H,11-12H2,1-3H3,(H,23,24)/b21-10-. The van der Waals surface area contributed by atoms with Gasteiger partial charge in [-0.25, -0.2) is 10.4 Å². The molecule has 0 saturated heterocycles. The predicted molar refractivity (Wildman–Crippen MR) is 98.6 cm³/mol. The summed E-state index contributed by atoms with van der Waals surface area (Å²) in [5.74, 6) is 0.245. The van der Waals surface area contributed by atoms with Crippen LogP contribution in [0.2, 0.25) is 0 Å². The number of hydrazone groups is 1. The van der Waals surface area contributed by atoms with Crippen LogP contribution in [0.3, 0.4) is 0 Å². The molecule has 0 spiro atoms. The van der Waals surface area contributed by atoms with Gasteiger partial charge in [-0.05, 0) is 25.1 Å². The molecule has 8 nitrogen and oxygen atoms in total. The average Bonchev–Trinajstić information content (AvgIpc) is 2.67. The number of hydrogen-bond acceptors (Lipinski definition) is 7. The van der Waals surface area contributed by atoms with Crippen molar-refractivity contribution in [3.63, 3.8) is 0 Å². The molecule has 0 bridgehead atoms. The van der Waals surface area contributed by atoms with Gasteiger partial charge < -0.3 is 14.2 Å². The molecule has 1 aromatic carbocycles. The third kappa shape index (κ3) is 5.52.